The maximum atomic E-state index is 13.1. The maximum absolute atomic E-state index is 13.1. The highest BCUT2D eigenvalue weighted by molar-refractivity contribution is 5.93. The van der Waals surface area contributed by atoms with Crippen LogP contribution in [0.2, 0.25) is 0 Å². The van der Waals surface area contributed by atoms with Crippen LogP contribution in [-0.4, -0.2) is 81.2 Å². The van der Waals surface area contributed by atoms with Crippen molar-refractivity contribution in [2.45, 2.75) is 50.5 Å². The van der Waals surface area contributed by atoms with Crippen molar-refractivity contribution >= 4 is 29.5 Å². The lowest BCUT2D eigenvalue weighted by molar-refractivity contribution is 0.1000. The van der Waals surface area contributed by atoms with Gasteiger partial charge in [0.1, 0.15) is 12.4 Å². The Bertz CT molecular complexity index is 1850. The Balaban J connectivity index is 1.16. The number of fused-ring (bicyclic) bond motifs is 3. The summed E-state index contributed by atoms with van der Waals surface area (Å²) in [6.07, 6.45) is 4.91. The van der Waals surface area contributed by atoms with Crippen LogP contribution in [-0.2, 0) is 14.2 Å². The molecular weight excluding hydrogens is 683 g/mol. The van der Waals surface area contributed by atoms with Gasteiger partial charge in [0, 0.05) is 69.7 Å². The average Bonchev–Trinajstić information content (AvgIpc) is 3.52. The number of nitrogens with zero attached hydrogens (tertiary/aromatic N) is 2. The molecule has 4 aromatic rings. The first-order valence-corrected chi connectivity index (χ1v) is 18.4. The minimum absolute atomic E-state index is 0.0116. The summed E-state index contributed by atoms with van der Waals surface area (Å²) in [4.78, 5) is 33.6. The number of methoxy groups -OCH3 is 2. The van der Waals surface area contributed by atoms with Gasteiger partial charge in [-0.25, -0.2) is 9.78 Å². The molecule has 1 aliphatic carbocycles. The van der Waals surface area contributed by atoms with E-state index in [2.05, 4.69) is 74.3 Å². The third-order valence-electron chi connectivity index (χ3n) is 9.44. The molecule has 1 aromatic heterocycles. The number of anilines is 3. The lowest BCUT2D eigenvalue weighted by Crippen LogP contribution is -2.55. The molecule has 12 nitrogen and oxygen atoms in total. The molecule has 1 heterocycles. The maximum Gasteiger partial charge on any atom is 0.407 e. The van der Waals surface area contributed by atoms with Crippen LogP contribution in [0.5, 0.6) is 0 Å². The van der Waals surface area contributed by atoms with Gasteiger partial charge in [-0.1, -0.05) is 67.3 Å². The number of amides is 2. The first-order valence-electron chi connectivity index (χ1n) is 18.4. The van der Waals surface area contributed by atoms with Crippen molar-refractivity contribution in [2.75, 3.05) is 64.3 Å². The zero-order valence-corrected chi connectivity index (χ0v) is 31.4. The molecule has 0 atom stereocenters. The Labute approximate surface area is 318 Å². The topological polar surface area (TPSA) is 162 Å². The van der Waals surface area contributed by atoms with E-state index in [4.69, 9.17) is 19.9 Å². The van der Waals surface area contributed by atoms with E-state index in [0.29, 0.717) is 68.5 Å². The molecule has 0 saturated heterocycles. The number of hydrogen-bond acceptors (Lipinski definition) is 10. The number of rotatable bonds is 20. The Kier molecular flexibility index (Phi) is 14.8. The van der Waals surface area contributed by atoms with Gasteiger partial charge in [0.2, 0.25) is 11.9 Å². The highest BCUT2D eigenvalue weighted by atomic mass is 16.5. The van der Waals surface area contributed by atoms with Gasteiger partial charge in [-0.05, 0) is 78.7 Å². The number of benzene rings is 3. The van der Waals surface area contributed by atoms with Crippen molar-refractivity contribution in [2.24, 2.45) is 5.73 Å². The number of nitrogens with two attached hydrogens (primary N) is 1. The van der Waals surface area contributed by atoms with E-state index in [1.165, 1.54) is 22.3 Å². The molecule has 0 aliphatic heterocycles. The largest absolute Gasteiger partial charge is 0.449 e. The molecule has 0 spiro atoms. The van der Waals surface area contributed by atoms with E-state index in [-0.39, 0.29) is 12.5 Å². The summed E-state index contributed by atoms with van der Waals surface area (Å²) in [5, 5.41) is 13.2. The van der Waals surface area contributed by atoms with Gasteiger partial charge >= 0.3 is 6.09 Å². The molecule has 12 heteroatoms. The van der Waals surface area contributed by atoms with Crippen LogP contribution in [0, 0.1) is 11.8 Å². The monoisotopic (exact) mass is 733 g/mol. The van der Waals surface area contributed by atoms with E-state index in [9.17, 15) is 9.59 Å². The number of ether oxygens (including phenoxy) is 3. The zero-order chi connectivity index (χ0) is 38.2. The van der Waals surface area contributed by atoms with Crippen LogP contribution in [0.25, 0.3) is 11.1 Å². The minimum Gasteiger partial charge on any atom is -0.449 e. The van der Waals surface area contributed by atoms with Gasteiger partial charge in [0.05, 0.1) is 11.8 Å². The molecule has 0 saturated carbocycles. The Morgan fingerprint density at radius 1 is 0.907 bits per heavy atom. The van der Waals surface area contributed by atoms with Gasteiger partial charge < -0.3 is 41.2 Å². The molecule has 54 heavy (non-hydrogen) atoms. The number of nitrogens with one attached hydrogen (secondary N) is 4. The second-order valence-electron chi connectivity index (χ2n) is 13.2. The molecule has 0 fully saturated rings. The van der Waals surface area contributed by atoms with E-state index in [0.717, 1.165) is 25.1 Å². The van der Waals surface area contributed by atoms with E-state index < -0.39 is 17.5 Å². The highest BCUT2D eigenvalue weighted by Gasteiger charge is 2.31. The number of aromatic nitrogens is 2. The van der Waals surface area contributed by atoms with E-state index in [1.54, 1.807) is 44.7 Å². The summed E-state index contributed by atoms with van der Waals surface area (Å²) in [6, 6.07) is 23.4. The van der Waals surface area contributed by atoms with E-state index in [1.807, 2.05) is 24.3 Å². The van der Waals surface area contributed by atoms with Crippen LogP contribution in [0.3, 0.4) is 0 Å². The standard InChI is InChI=1S/C42H51N7O5/c1-4-23-44-39-31(27-45-40(49-39)48-32-19-17-30(18-20-32)38(43)50)12-6-5-11-24-47-42(21-25-52-2,22-26-53-3)29-46-41(51)54-28-37-35-15-9-7-13-33(35)34-14-8-10-16-36(34)37/h7-10,13-20,27,37,47H,4-5,11,21-26,28-29H2,1-3H3,(H2,43,50)(H,46,51)(H2,44,45,48,49). The fourth-order valence-corrected chi connectivity index (χ4v) is 6.47. The average molecular weight is 734 g/mol. The predicted octanol–water partition coefficient (Wildman–Crippen LogP) is 6.21. The number of carbonyl (C=O) groups excluding carboxylic acids is 2. The summed E-state index contributed by atoms with van der Waals surface area (Å²) in [5.74, 6) is 7.06. The Hall–Kier alpha value is -5.48. The second-order valence-corrected chi connectivity index (χ2v) is 13.2. The lowest BCUT2D eigenvalue weighted by atomic mass is 9.91. The van der Waals surface area contributed by atoms with Gasteiger partial charge in [-0.15, -0.1) is 0 Å². The smallest absolute Gasteiger partial charge is 0.407 e. The lowest BCUT2D eigenvalue weighted by Gasteiger charge is -2.35. The van der Waals surface area contributed by atoms with Crippen LogP contribution in [0.15, 0.2) is 79.0 Å². The molecule has 3 aromatic carbocycles. The van der Waals surface area contributed by atoms with E-state index >= 15 is 0 Å². The molecule has 0 bridgehead atoms. The van der Waals surface area contributed by atoms with Crippen molar-refractivity contribution < 1.29 is 23.8 Å². The van der Waals surface area contributed by atoms with Crippen molar-refractivity contribution in [1.82, 2.24) is 20.6 Å². The fraction of sp³-hybridized carbons (Fsp3) is 0.381. The third kappa shape index (κ3) is 10.8. The summed E-state index contributed by atoms with van der Waals surface area (Å²) in [6.45, 7) is 5.11. The van der Waals surface area contributed by atoms with Crippen LogP contribution in [0.1, 0.15) is 72.0 Å². The molecule has 0 unspecified atom stereocenters. The minimum atomic E-state index is -0.484. The molecule has 0 radical (unpaired) electrons. The first-order chi connectivity index (χ1) is 26.4. The van der Waals surface area contributed by atoms with Crippen molar-refractivity contribution in [3.63, 3.8) is 0 Å². The molecular formula is C42H51N7O5. The number of unbranched alkanes of at least 4 members (excludes halogenated alkanes) is 1. The van der Waals surface area contributed by atoms with Crippen molar-refractivity contribution in [1.29, 1.82) is 0 Å². The Morgan fingerprint density at radius 2 is 1.57 bits per heavy atom. The second kappa shape index (κ2) is 20.1. The first kappa shape index (κ1) is 39.7. The van der Waals surface area contributed by atoms with Gasteiger partial charge in [0.15, 0.2) is 0 Å². The molecule has 5 rings (SSSR count). The molecule has 284 valence electrons. The molecule has 1 aliphatic rings. The third-order valence-corrected chi connectivity index (χ3v) is 9.44. The normalized spacial score (nSPS) is 11.9. The van der Waals surface area contributed by atoms with Crippen molar-refractivity contribution in [3.8, 4) is 23.0 Å². The number of hydrogen-bond donors (Lipinski definition) is 5. The summed E-state index contributed by atoms with van der Waals surface area (Å²) in [5.41, 5.74) is 11.5. The predicted molar refractivity (Wildman–Crippen MR) is 212 cm³/mol. The van der Waals surface area contributed by atoms with Gasteiger partial charge in [-0.3, -0.25) is 4.79 Å². The summed E-state index contributed by atoms with van der Waals surface area (Å²) < 4.78 is 16.8. The Morgan fingerprint density at radius 3 is 2.20 bits per heavy atom. The van der Waals surface area contributed by atoms with Crippen LogP contribution < -0.4 is 27.0 Å². The fourth-order valence-electron chi connectivity index (χ4n) is 6.47. The summed E-state index contributed by atoms with van der Waals surface area (Å²) >= 11 is 0. The number of primary amides is 1. The number of alkyl carbamates (subject to hydrolysis) is 1. The zero-order valence-electron chi connectivity index (χ0n) is 31.4. The van der Waals surface area contributed by atoms with Crippen LogP contribution >= 0.6 is 0 Å². The van der Waals surface area contributed by atoms with Crippen molar-refractivity contribution in [3.05, 3.63) is 101 Å². The molecule has 6 N–H and O–H groups in total. The SMILES string of the molecule is CCCNc1nc(Nc2ccc(C(N)=O)cc2)ncc1C#CCCCNC(CCOC)(CCOC)CNC(=O)OCC1c2ccccc2-c2ccccc21. The van der Waals surface area contributed by atoms with Gasteiger partial charge in [-0.2, -0.15) is 4.98 Å². The van der Waals surface area contributed by atoms with Gasteiger partial charge in [0.25, 0.3) is 0 Å². The highest BCUT2D eigenvalue weighted by Crippen LogP contribution is 2.44. The summed E-state index contributed by atoms with van der Waals surface area (Å²) in [7, 11) is 3.35. The number of carbonyl (C=O) groups is 2. The van der Waals surface area contributed by atoms with Crippen LogP contribution in [0.4, 0.5) is 22.2 Å². The quantitative estimate of drug-likeness (QED) is 0.0522. The molecule has 2 amide bonds.